The van der Waals surface area contributed by atoms with Gasteiger partial charge in [0.15, 0.2) is 0 Å². The van der Waals surface area contributed by atoms with Crippen LogP contribution < -0.4 is 5.32 Å². The van der Waals surface area contributed by atoms with Gasteiger partial charge in [0, 0.05) is 29.8 Å². The lowest BCUT2D eigenvalue weighted by molar-refractivity contribution is -0.121. The van der Waals surface area contributed by atoms with Gasteiger partial charge < -0.3 is 9.84 Å². The Balaban J connectivity index is 1.44. The first-order valence-corrected chi connectivity index (χ1v) is 8.77. The maximum atomic E-state index is 11.9. The molecule has 2 aromatic heterocycles. The zero-order valence-electron chi connectivity index (χ0n) is 13.5. The summed E-state index contributed by atoms with van der Waals surface area (Å²) in [7, 11) is 0. The third-order valence-electron chi connectivity index (χ3n) is 3.62. The third-order valence-corrected chi connectivity index (χ3v) is 4.55. The van der Waals surface area contributed by atoms with Crippen LogP contribution in [0.2, 0.25) is 0 Å². The van der Waals surface area contributed by atoms with Gasteiger partial charge in [0.2, 0.25) is 17.6 Å². The summed E-state index contributed by atoms with van der Waals surface area (Å²) in [5.74, 6) is 1.05. The van der Waals surface area contributed by atoms with E-state index < -0.39 is 0 Å². The van der Waals surface area contributed by atoms with E-state index in [0.717, 1.165) is 12.0 Å². The molecule has 0 saturated heterocycles. The van der Waals surface area contributed by atoms with Gasteiger partial charge in [-0.05, 0) is 24.8 Å². The molecule has 0 fully saturated rings. The van der Waals surface area contributed by atoms with Crippen molar-refractivity contribution in [2.45, 2.75) is 26.2 Å². The van der Waals surface area contributed by atoms with Gasteiger partial charge in [-0.25, -0.2) is 0 Å². The molecule has 124 valence electrons. The van der Waals surface area contributed by atoms with E-state index in [4.69, 9.17) is 4.52 Å². The predicted octanol–water partition coefficient (Wildman–Crippen LogP) is 3.40. The summed E-state index contributed by atoms with van der Waals surface area (Å²) in [4.78, 5) is 17.5. The molecule has 0 aliphatic rings. The number of rotatable bonds is 7. The Bertz CT molecular complexity index is 779. The predicted molar refractivity (Wildman–Crippen MR) is 93.8 cm³/mol. The average molecular weight is 341 g/mol. The molecule has 0 saturated carbocycles. The lowest BCUT2D eigenvalue weighted by atomic mass is 10.1. The molecule has 3 aromatic rings. The minimum Gasteiger partial charge on any atom is -0.356 e. The SMILES string of the molecule is Cc1ccc(-c2noc(CCC(=O)NCCc3cccs3)n2)cc1. The topological polar surface area (TPSA) is 68.0 Å². The van der Waals surface area contributed by atoms with Crippen LogP contribution >= 0.6 is 11.3 Å². The van der Waals surface area contributed by atoms with E-state index in [0.29, 0.717) is 31.1 Å². The number of hydrogen-bond acceptors (Lipinski definition) is 5. The second-order valence-electron chi connectivity index (χ2n) is 5.56. The van der Waals surface area contributed by atoms with Crippen LogP contribution in [0.3, 0.4) is 0 Å². The highest BCUT2D eigenvalue weighted by atomic mass is 32.1. The van der Waals surface area contributed by atoms with Crippen molar-refractivity contribution in [2.24, 2.45) is 0 Å². The van der Waals surface area contributed by atoms with Crippen molar-refractivity contribution in [2.75, 3.05) is 6.54 Å². The van der Waals surface area contributed by atoms with Crippen molar-refractivity contribution in [1.82, 2.24) is 15.5 Å². The Morgan fingerprint density at radius 1 is 1.21 bits per heavy atom. The molecule has 0 aliphatic carbocycles. The molecule has 0 atom stereocenters. The highest BCUT2D eigenvalue weighted by Gasteiger charge is 2.10. The molecule has 0 spiro atoms. The number of aromatic nitrogens is 2. The zero-order valence-corrected chi connectivity index (χ0v) is 14.3. The highest BCUT2D eigenvalue weighted by Crippen LogP contribution is 2.16. The van der Waals surface area contributed by atoms with Crippen molar-refractivity contribution in [3.8, 4) is 11.4 Å². The number of thiophene rings is 1. The van der Waals surface area contributed by atoms with Crippen molar-refractivity contribution in [3.05, 3.63) is 58.1 Å². The fourth-order valence-electron chi connectivity index (χ4n) is 2.27. The Morgan fingerprint density at radius 3 is 2.79 bits per heavy atom. The Hall–Kier alpha value is -2.47. The van der Waals surface area contributed by atoms with Crippen LogP contribution in [0.15, 0.2) is 46.3 Å². The second-order valence-corrected chi connectivity index (χ2v) is 6.59. The number of nitrogens with one attached hydrogen (secondary N) is 1. The molecule has 0 bridgehead atoms. The van der Waals surface area contributed by atoms with Crippen molar-refractivity contribution < 1.29 is 9.32 Å². The minimum atomic E-state index is 0.00152. The van der Waals surface area contributed by atoms with Gasteiger partial charge >= 0.3 is 0 Å². The molecular weight excluding hydrogens is 322 g/mol. The maximum absolute atomic E-state index is 11.9. The van der Waals surface area contributed by atoms with Crippen molar-refractivity contribution in [1.29, 1.82) is 0 Å². The van der Waals surface area contributed by atoms with Gasteiger partial charge in [0.25, 0.3) is 0 Å². The average Bonchev–Trinajstić information content (AvgIpc) is 3.25. The van der Waals surface area contributed by atoms with Gasteiger partial charge in [-0.1, -0.05) is 41.1 Å². The van der Waals surface area contributed by atoms with Crippen LogP contribution in [0.5, 0.6) is 0 Å². The molecule has 1 amide bonds. The first-order chi connectivity index (χ1) is 11.7. The first-order valence-electron chi connectivity index (χ1n) is 7.89. The quantitative estimate of drug-likeness (QED) is 0.715. The lowest BCUT2D eigenvalue weighted by Crippen LogP contribution is -2.25. The van der Waals surface area contributed by atoms with Gasteiger partial charge in [-0.3, -0.25) is 4.79 Å². The summed E-state index contributed by atoms with van der Waals surface area (Å²) in [6.07, 6.45) is 1.66. The third kappa shape index (κ3) is 4.52. The van der Waals surface area contributed by atoms with Gasteiger partial charge in [-0.15, -0.1) is 11.3 Å². The fraction of sp³-hybridized carbons (Fsp3) is 0.278. The number of carbonyl (C=O) groups is 1. The van der Waals surface area contributed by atoms with E-state index in [9.17, 15) is 4.79 Å². The maximum Gasteiger partial charge on any atom is 0.227 e. The van der Waals surface area contributed by atoms with Gasteiger partial charge in [0.1, 0.15) is 0 Å². The number of aryl methyl sites for hydroxylation is 2. The number of amides is 1. The van der Waals surface area contributed by atoms with E-state index in [1.54, 1.807) is 11.3 Å². The standard InChI is InChI=1S/C18H19N3O2S/c1-13-4-6-14(7-5-13)18-20-17(23-21-18)9-8-16(22)19-11-10-15-3-2-12-24-15/h2-7,12H,8-11H2,1H3,(H,19,22). The summed E-state index contributed by atoms with van der Waals surface area (Å²) >= 11 is 1.70. The van der Waals surface area contributed by atoms with Crippen LogP contribution in [0.25, 0.3) is 11.4 Å². The summed E-state index contributed by atoms with van der Waals surface area (Å²) in [5.41, 5.74) is 2.10. The molecule has 3 rings (SSSR count). The van der Waals surface area contributed by atoms with Crippen LogP contribution in [0.1, 0.15) is 22.8 Å². The van der Waals surface area contributed by atoms with Gasteiger partial charge in [0.05, 0.1) is 0 Å². The molecule has 5 nitrogen and oxygen atoms in total. The summed E-state index contributed by atoms with van der Waals surface area (Å²) in [6, 6.07) is 12.0. The molecular formula is C18H19N3O2S. The Kier molecular flexibility index (Phi) is 5.38. The summed E-state index contributed by atoms with van der Waals surface area (Å²) in [6.45, 7) is 2.68. The molecule has 0 aliphatic heterocycles. The van der Waals surface area contributed by atoms with Crippen molar-refractivity contribution in [3.63, 3.8) is 0 Å². The van der Waals surface area contributed by atoms with E-state index >= 15 is 0 Å². The van der Waals surface area contributed by atoms with E-state index in [1.807, 2.05) is 42.6 Å². The largest absolute Gasteiger partial charge is 0.356 e. The monoisotopic (exact) mass is 341 g/mol. The molecule has 2 heterocycles. The molecule has 6 heteroatoms. The lowest BCUT2D eigenvalue weighted by Gasteiger charge is -2.02. The van der Waals surface area contributed by atoms with Crippen LogP contribution in [0.4, 0.5) is 0 Å². The summed E-state index contributed by atoms with van der Waals surface area (Å²) < 4.78 is 5.22. The van der Waals surface area contributed by atoms with Crippen LogP contribution in [-0.4, -0.2) is 22.6 Å². The van der Waals surface area contributed by atoms with Crippen LogP contribution in [-0.2, 0) is 17.6 Å². The number of benzene rings is 1. The molecule has 24 heavy (non-hydrogen) atoms. The summed E-state index contributed by atoms with van der Waals surface area (Å²) in [5, 5.41) is 8.93. The van der Waals surface area contributed by atoms with E-state index in [-0.39, 0.29) is 5.91 Å². The normalized spacial score (nSPS) is 10.7. The molecule has 0 radical (unpaired) electrons. The highest BCUT2D eigenvalue weighted by molar-refractivity contribution is 7.09. The number of carbonyl (C=O) groups excluding carboxylic acids is 1. The fourth-order valence-corrected chi connectivity index (χ4v) is 2.97. The van der Waals surface area contributed by atoms with Gasteiger partial charge in [-0.2, -0.15) is 4.98 Å². The van der Waals surface area contributed by atoms with E-state index in [1.165, 1.54) is 10.4 Å². The van der Waals surface area contributed by atoms with E-state index in [2.05, 4.69) is 21.5 Å². The number of hydrogen-bond donors (Lipinski definition) is 1. The first kappa shape index (κ1) is 16.4. The smallest absolute Gasteiger partial charge is 0.227 e. The Morgan fingerprint density at radius 2 is 2.04 bits per heavy atom. The second kappa shape index (κ2) is 7.88. The molecule has 1 N–H and O–H groups in total. The zero-order chi connectivity index (χ0) is 16.8. The minimum absolute atomic E-state index is 0.00152. The molecule has 1 aromatic carbocycles. The van der Waals surface area contributed by atoms with Crippen molar-refractivity contribution >= 4 is 17.2 Å². The molecule has 0 unspecified atom stereocenters. The van der Waals surface area contributed by atoms with Crippen LogP contribution in [0, 0.1) is 6.92 Å². The Labute approximate surface area is 144 Å². The number of nitrogens with zero attached hydrogens (tertiary/aromatic N) is 2.